The Morgan fingerprint density at radius 3 is 2.81 bits per heavy atom. The number of fused-ring (bicyclic) bond motifs is 2. The van der Waals surface area contributed by atoms with Gasteiger partial charge in [-0.15, -0.1) is 11.8 Å². The molecule has 156 valence electrons. The molecule has 1 aliphatic rings. The summed E-state index contributed by atoms with van der Waals surface area (Å²) >= 11 is 1.75. The molecule has 0 saturated carbocycles. The molecule has 2 aromatic heterocycles. The number of halogens is 2. The van der Waals surface area contributed by atoms with Crippen LogP contribution >= 0.6 is 11.8 Å². The van der Waals surface area contributed by atoms with Gasteiger partial charge in [-0.3, -0.25) is 4.79 Å². The first-order chi connectivity index (χ1) is 15.0. The highest BCUT2D eigenvalue weighted by Crippen LogP contribution is 2.34. The highest BCUT2D eigenvalue weighted by Gasteiger charge is 2.16. The molecule has 0 atom stereocenters. The molecule has 0 fully saturated rings. The lowest BCUT2D eigenvalue weighted by molar-refractivity contribution is 0.0959. The van der Waals surface area contributed by atoms with Crippen molar-refractivity contribution in [1.82, 2.24) is 14.7 Å². The Bertz CT molecular complexity index is 1330. The van der Waals surface area contributed by atoms with Crippen LogP contribution in [0.5, 0.6) is 0 Å². The Hall–Kier alpha value is -3.39. The zero-order chi connectivity index (χ0) is 21.5. The zero-order valence-corrected chi connectivity index (χ0v) is 17.4. The first-order valence-electron chi connectivity index (χ1n) is 9.70. The molecule has 1 amide bonds. The topological polar surface area (TPSA) is 58.4 Å². The Balaban J connectivity index is 1.53. The standard InChI is InChI=1S/C23H18F2N4OS/c1-26-23(30)17-4-3-14(8-18(17)24)15-9-19(25)22-27-10-16(29(22)11-15)6-13-2-5-20-21(7-13)31-12-28-20/h2-5,7-11,28H,6,12H2,1H3,(H,26,30). The van der Waals surface area contributed by atoms with Gasteiger partial charge in [-0.25, -0.2) is 13.8 Å². The third-order valence-electron chi connectivity index (χ3n) is 5.33. The van der Waals surface area contributed by atoms with Crippen LogP contribution in [0.4, 0.5) is 14.5 Å². The van der Waals surface area contributed by atoms with Gasteiger partial charge in [0.05, 0.1) is 11.4 Å². The van der Waals surface area contributed by atoms with Gasteiger partial charge in [-0.2, -0.15) is 0 Å². The number of nitrogens with one attached hydrogen (secondary N) is 2. The van der Waals surface area contributed by atoms with Crippen molar-refractivity contribution >= 4 is 29.0 Å². The van der Waals surface area contributed by atoms with Crippen LogP contribution in [0.3, 0.4) is 0 Å². The van der Waals surface area contributed by atoms with Gasteiger partial charge in [0, 0.05) is 47.7 Å². The quantitative estimate of drug-likeness (QED) is 0.487. The second-order valence-electron chi connectivity index (χ2n) is 7.27. The summed E-state index contributed by atoms with van der Waals surface area (Å²) in [6.07, 6.45) is 4.00. The van der Waals surface area contributed by atoms with Crippen LogP contribution in [0.2, 0.25) is 0 Å². The van der Waals surface area contributed by atoms with Gasteiger partial charge in [-0.05, 0) is 41.5 Å². The molecule has 0 unspecified atom stereocenters. The summed E-state index contributed by atoms with van der Waals surface area (Å²) in [5.41, 5.74) is 4.20. The molecule has 5 rings (SSSR count). The van der Waals surface area contributed by atoms with Gasteiger partial charge in [0.1, 0.15) is 5.82 Å². The van der Waals surface area contributed by atoms with E-state index in [9.17, 15) is 13.6 Å². The molecule has 0 spiro atoms. The largest absolute Gasteiger partial charge is 0.375 e. The fraction of sp³-hybridized carbons (Fsp3) is 0.130. The monoisotopic (exact) mass is 436 g/mol. The van der Waals surface area contributed by atoms with Crippen LogP contribution in [0.15, 0.2) is 59.8 Å². The maximum Gasteiger partial charge on any atom is 0.253 e. The number of carbonyl (C=O) groups is 1. The first-order valence-corrected chi connectivity index (χ1v) is 10.7. The number of rotatable bonds is 4. The van der Waals surface area contributed by atoms with Gasteiger partial charge >= 0.3 is 0 Å². The van der Waals surface area contributed by atoms with Crippen molar-refractivity contribution in [2.45, 2.75) is 11.3 Å². The maximum atomic E-state index is 14.8. The van der Waals surface area contributed by atoms with Crippen LogP contribution in [-0.4, -0.2) is 28.2 Å². The molecule has 4 aromatic rings. The lowest BCUT2D eigenvalue weighted by atomic mass is 10.0. The van der Waals surface area contributed by atoms with Gasteiger partial charge in [0.25, 0.3) is 5.91 Å². The highest BCUT2D eigenvalue weighted by molar-refractivity contribution is 7.99. The molecule has 2 N–H and O–H groups in total. The molecule has 0 bridgehead atoms. The van der Waals surface area contributed by atoms with E-state index in [1.807, 2.05) is 6.07 Å². The maximum absolute atomic E-state index is 14.8. The van der Waals surface area contributed by atoms with Crippen LogP contribution in [0.1, 0.15) is 21.6 Å². The second-order valence-corrected chi connectivity index (χ2v) is 8.28. The van der Waals surface area contributed by atoms with E-state index in [0.717, 1.165) is 22.8 Å². The lowest BCUT2D eigenvalue weighted by Gasteiger charge is -2.09. The van der Waals surface area contributed by atoms with E-state index in [4.69, 9.17) is 0 Å². The summed E-state index contributed by atoms with van der Waals surface area (Å²) in [5, 5.41) is 5.71. The minimum Gasteiger partial charge on any atom is -0.375 e. The average molecular weight is 436 g/mol. The van der Waals surface area contributed by atoms with Crippen molar-refractivity contribution < 1.29 is 13.6 Å². The molecule has 5 nitrogen and oxygen atoms in total. The molecule has 0 radical (unpaired) electrons. The summed E-state index contributed by atoms with van der Waals surface area (Å²) in [6, 6.07) is 11.8. The number of pyridine rings is 1. The lowest BCUT2D eigenvalue weighted by Crippen LogP contribution is -2.19. The number of imidazole rings is 1. The van der Waals surface area contributed by atoms with Gasteiger partial charge in [0.2, 0.25) is 0 Å². The van der Waals surface area contributed by atoms with Crippen LogP contribution in [0.25, 0.3) is 16.8 Å². The van der Waals surface area contributed by atoms with Gasteiger partial charge in [-0.1, -0.05) is 12.1 Å². The number of amides is 1. The average Bonchev–Trinajstić information content (AvgIpc) is 3.40. The number of nitrogens with zero attached hydrogens (tertiary/aromatic N) is 2. The first kappa shape index (κ1) is 19.6. The van der Waals surface area contributed by atoms with Crippen molar-refractivity contribution in [3.05, 3.63) is 83.3 Å². The Morgan fingerprint density at radius 1 is 1.16 bits per heavy atom. The molecule has 8 heteroatoms. The van der Waals surface area contributed by atoms with Crippen molar-refractivity contribution in [2.75, 3.05) is 18.2 Å². The zero-order valence-electron chi connectivity index (χ0n) is 16.6. The SMILES string of the molecule is CNC(=O)c1ccc(-c2cc(F)c3ncc(Cc4ccc5c(c4)SCN5)n3c2)cc1F. The van der Waals surface area contributed by atoms with E-state index >= 15 is 0 Å². The molecule has 31 heavy (non-hydrogen) atoms. The number of benzene rings is 2. The summed E-state index contributed by atoms with van der Waals surface area (Å²) < 4.78 is 30.9. The predicted molar refractivity (Wildman–Crippen MR) is 118 cm³/mol. The summed E-state index contributed by atoms with van der Waals surface area (Å²) in [6.45, 7) is 0. The van der Waals surface area contributed by atoms with Crippen molar-refractivity contribution in [3.8, 4) is 11.1 Å². The van der Waals surface area contributed by atoms with E-state index in [0.29, 0.717) is 17.5 Å². The van der Waals surface area contributed by atoms with E-state index in [2.05, 4.69) is 27.8 Å². The minimum atomic E-state index is -0.660. The fourth-order valence-electron chi connectivity index (χ4n) is 3.74. The van der Waals surface area contributed by atoms with Crippen LogP contribution in [0, 0.1) is 11.6 Å². The van der Waals surface area contributed by atoms with E-state index < -0.39 is 17.5 Å². The van der Waals surface area contributed by atoms with E-state index in [-0.39, 0.29) is 11.2 Å². The Labute approximate surface area is 181 Å². The third-order valence-corrected chi connectivity index (χ3v) is 6.27. The molecule has 2 aromatic carbocycles. The molecular formula is C23H18F2N4OS. The molecule has 0 aliphatic carbocycles. The van der Waals surface area contributed by atoms with E-state index in [1.54, 1.807) is 34.6 Å². The smallest absolute Gasteiger partial charge is 0.253 e. The number of carbonyl (C=O) groups excluding carboxylic acids is 1. The number of hydrogen-bond acceptors (Lipinski definition) is 4. The fourth-order valence-corrected chi connectivity index (χ4v) is 4.65. The van der Waals surface area contributed by atoms with Crippen molar-refractivity contribution in [2.24, 2.45) is 0 Å². The number of anilines is 1. The van der Waals surface area contributed by atoms with Gasteiger partial charge < -0.3 is 15.0 Å². The van der Waals surface area contributed by atoms with Crippen LogP contribution in [-0.2, 0) is 6.42 Å². The van der Waals surface area contributed by atoms with Gasteiger partial charge in [0.15, 0.2) is 11.5 Å². The Kier molecular flexibility index (Phi) is 4.86. The number of aromatic nitrogens is 2. The van der Waals surface area contributed by atoms with Crippen LogP contribution < -0.4 is 10.6 Å². The molecule has 0 saturated heterocycles. The molecular weight excluding hydrogens is 418 g/mol. The number of thioether (sulfide) groups is 1. The minimum absolute atomic E-state index is 0.0555. The summed E-state index contributed by atoms with van der Waals surface area (Å²) in [7, 11) is 1.44. The van der Waals surface area contributed by atoms with E-state index in [1.165, 1.54) is 30.1 Å². The summed E-state index contributed by atoms with van der Waals surface area (Å²) in [4.78, 5) is 17.2. The number of hydrogen-bond donors (Lipinski definition) is 2. The third kappa shape index (κ3) is 3.53. The molecule has 3 heterocycles. The summed E-state index contributed by atoms with van der Waals surface area (Å²) in [5.74, 6) is -0.802. The van der Waals surface area contributed by atoms with Crippen molar-refractivity contribution in [3.63, 3.8) is 0 Å². The van der Waals surface area contributed by atoms with Crippen molar-refractivity contribution in [1.29, 1.82) is 0 Å². The predicted octanol–water partition coefficient (Wildman–Crippen LogP) is 4.71. The highest BCUT2D eigenvalue weighted by atomic mass is 32.2. The molecule has 1 aliphatic heterocycles. The normalized spacial score (nSPS) is 12.6. The Morgan fingerprint density at radius 2 is 2.00 bits per heavy atom. The second kappa shape index (κ2) is 7.70.